The first-order valence-electron chi connectivity index (χ1n) is 6.32. The molecule has 4 nitrogen and oxygen atoms in total. The van der Waals surface area contributed by atoms with Crippen LogP contribution in [0.25, 0.3) is 0 Å². The molecule has 100 valence electrons. The number of nitrogens with one attached hydrogen (secondary N) is 1. The Morgan fingerprint density at radius 2 is 2.32 bits per heavy atom. The van der Waals surface area contributed by atoms with Crippen molar-refractivity contribution in [3.63, 3.8) is 0 Å². The molecule has 0 amide bonds. The van der Waals surface area contributed by atoms with Crippen LogP contribution in [-0.4, -0.2) is 11.0 Å². The zero-order valence-corrected chi connectivity index (χ0v) is 10.6. The molecule has 19 heavy (non-hydrogen) atoms. The van der Waals surface area contributed by atoms with Gasteiger partial charge < -0.3 is 14.5 Å². The zero-order chi connectivity index (χ0) is 13.2. The maximum absolute atomic E-state index is 13.5. The van der Waals surface area contributed by atoms with Crippen molar-refractivity contribution < 1.29 is 13.5 Å². The fourth-order valence-corrected chi connectivity index (χ4v) is 1.74. The molecule has 1 aromatic heterocycles. The summed E-state index contributed by atoms with van der Waals surface area (Å²) in [5.74, 6) is -0.301. The second-order valence-electron chi connectivity index (χ2n) is 4.80. The molecule has 0 aliphatic heterocycles. The van der Waals surface area contributed by atoms with Crippen molar-refractivity contribution in [2.45, 2.75) is 32.4 Å². The molecule has 0 spiro atoms. The molecule has 1 saturated carbocycles. The molecule has 1 N–H and O–H groups in total. The van der Waals surface area contributed by atoms with E-state index in [1.807, 2.05) is 6.92 Å². The Bertz CT molecular complexity index is 579. The van der Waals surface area contributed by atoms with Crippen LogP contribution < -0.4 is 10.1 Å². The lowest BCUT2D eigenvalue weighted by Crippen LogP contribution is -2.15. The minimum Gasteiger partial charge on any atom is -0.417 e. The Morgan fingerprint density at radius 1 is 1.47 bits per heavy atom. The van der Waals surface area contributed by atoms with Gasteiger partial charge in [-0.3, -0.25) is 0 Å². The summed E-state index contributed by atoms with van der Waals surface area (Å²) in [6.45, 7) is 2.51. The Balaban J connectivity index is 1.66. The van der Waals surface area contributed by atoms with E-state index < -0.39 is 5.82 Å². The predicted octanol–water partition coefficient (Wildman–Crippen LogP) is 3.17. The Kier molecular flexibility index (Phi) is 3.21. The number of benzene rings is 1. The molecule has 2 aromatic rings. The number of hydrogen-bond donors (Lipinski definition) is 1. The predicted molar refractivity (Wildman–Crippen MR) is 67.6 cm³/mol. The van der Waals surface area contributed by atoms with E-state index in [9.17, 15) is 4.39 Å². The van der Waals surface area contributed by atoms with Gasteiger partial charge in [0, 0.05) is 12.6 Å². The molecule has 0 bridgehead atoms. The third-order valence-corrected chi connectivity index (χ3v) is 2.96. The second-order valence-corrected chi connectivity index (χ2v) is 4.80. The normalized spacial score (nSPS) is 14.6. The highest BCUT2D eigenvalue weighted by atomic mass is 19.1. The van der Waals surface area contributed by atoms with E-state index in [4.69, 9.17) is 9.15 Å². The first kappa shape index (κ1) is 12.2. The van der Waals surface area contributed by atoms with Crippen molar-refractivity contribution >= 4 is 0 Å². The van der Waals surface area contributed by atoms with Crippen LogP contribution in [0.15, 0.2) is 28.9 Å². The van der Waals surface area contributed by atoms with Crippen LogP contribution in [0.4, 0.5) is 4.39 Å². The van der Waals surface area contributed by atoms with Gasteiger partial charge in [-0.1, -0.05) is 6.07 Å². The lowest BCUT2D eigenvalue weighted by molar-refractivity contribution is 0.318. The van der Waals surface area contributed by atoms with Crippen LogP contribution in [0.2, 0.25) is 0 Å². The maximum Gasteiger partial charge on any atom is 0.399 e. The second kappa shape index (κ2) is 5.01. The van der Waals surface area contributed by atoms with Crippen molar-refractivity contribution in [3.05, 3.63) is 41.5 Å². The van der Waals surface area contributed by atoms with Crippen LogP contribution >= 0.6 is 0 Å². The summed E-state index contributed by atoms with van der Waals surface area (Å²) in [7, 11) is 0. The fourth-order valence-electron chi connectivity index (χ4n) is 1.74. The van der Waals surface area contributed by atoms with Crippen LogP contribution in [-0.2, 0) is 6.54 Å². The number of aryl methyl sites for hydroxylation is 1. The molecule has 1 aromatic carbocycles. The minimum absolute atomic E-state index is 0.0668. The van der Waals surface area contributed by atoms with Crippen LogP contribution in [0.5, 0.6) is 11.8 Å². The molecular formula is C14H15FN2O2. The van der Waals surface area contributed by atoms with Gasteiger partial charge >= 0.3 is 6.08 Å². The number of oxazole rings is 1. The van der Waals surface area contributed by atoms with E-state index in [0.29, 0.717) is 12.6 Å². The number of halogens is 1. The van der Waals surface area contributed by atoms with Gasteiger partial charge in [0.05, 0.1) is 5.69 Å². The molecule has 0 radical (unpaired) electrons. The van der Waals surface area contributed by atoms with Gasteiger partial charge in [-0.05, 0) is 37.5 Å². The summed E-state index contributed by atoms with van der Waals surface area (Å²) in [6, 6.07) is 5.27. The van der Waals surface area contributed by atoms with Gasteiger partial charge in [-0.15, -0.1) is 0 Å². The Morgan fingerprint density at radius 3 is 3.11 bits per heavy atom. The Hall–Kier alpha value is -1.88. The number of rotatable bonds is 5. The standard InChI is InChI=1S/C14H15FN2O2/c1-9-2-5-12(15)13(6-9)19-14-17-11(8-18-14)7-16-10-3-4-10/h2,5-6,8,10,16H,3-4,7H2,1H3. The molecule has 1 aliphatic carbocycles. The third kappa shape index (κ3) is 3.12. The average molecular weight is 262 g/mol. The monoisotopic (exact) mass is 262 g/mol. The summed E-state index contributed by atoms with van der Waals surface area (Å²) < 4.78 is 24.0. The molecule has 5 heteroatoms. The molecule has 0 unspecified atom stereocenters. The van der Waals surface area contributed by atoms with E-state index in [2.05, 4.69) is 10.3 Å². The van der Waals surface area contributed by atoms with Gasteiger partial charge in [0.25, 0.3) is 0 Å². The Labute approximate surface area is 110 Å². The molecule has 1 heterocycles. The zero-order valence-electron chi connectivity index (χ0n) is 10.6. The molecule has 0 saturated heterocycles. The van der Waals surface area contributed by atoms with Crippen molar-refractivity contribution in [1.82, 2.24) is 10.3 Å². The largest absolute Gasteiger partial charge is 0.417 e. The van der Waals surface area contributed by atoms with Crippen LogP contribution in [0.3, 0.4) is 0 Å². The number of nitrogens with zero attached hydrogens (tertiary/aromatic N) is 1. The van der Waals surface area contributed by atoms with Gasteiger partial charge in [0.1, 0.15) is 6.26 Å². The summed E-state index contributed by atoms with van der Waals surface area (Å²) in [5.41, 5.74) is 1.67. The molecule has 1 aliphatic rings. The van der Waals surface area contributed by atoms with E-state index >= 15 is 0 Å². The topological polar surface area (TPSA) is 47.3 Å². The highest BCUT2D eigenvalue weighted by molar-refractivity contribution is 5.31. The smallest absolute Gasteiger partial charge is 0.399 e. The van der Waals surface area contributed by atoms with Crippen molar-refractivity contribution in [3.8, 4) is 11.8 Å². The summed E-state index contributed by atoms with van der Waals surface area (Å²) in [6.07, 6.45) is 4.03. The fraction of sp³-hybridized carbons (Fsp3) is 0.357. The average Bonchev–Trinajstić information content (AvgIpc) is 3.12. The van der Waals surface area contributed by atoms with Gasteiger partial charge in [-0.2, -0.15) is 4.98 Å². The molecule has 1 fully saturated rings. The number of hydrogen-bond acceptors (Lipinski definition) is 4. The summed E-state index contributed by atoms with van der Waals surface area (Å²) in [5, 5.41) is 3.32. The lowest BCUT2D eigenvalue weighted by atomic mass is 10.2. The lowest BCUT2D eigenvalue weighted by Gasteiger charge is -2.03. The first-order valence-corrected chi connectivity index (χ1v) is 6.32. The first-order chi connectivity index (χ1) is 9.20. The highest BCUT2D eigenvalue weighted by Gasteiger charge is 2.20. The number of ether oxygens (including phenoxy) is 1. The minimum atomic E-state index is -0.429. The quantitative estimate of drug-likeness (QED) is 0.899. The summed E-state index contributed by atoms with van der Waals surface area (Å²) in [4.78, 5) is 4.16. The van der Waals surface area contributed by atoms with Crippen LogP contribution in [0, 0.1) is 12.7 Å². The van der Waals surface area contributed by atoms with E-state index in [-0.39, 0.29) is 11.8 Å². The molecule has 0 atom stereocenters. The number of aromatic nitrogens is 1. The molecule has 3 rings (SSSR count). The van der Waals surface area contributed by atoms with E-state index in [1.54, 1.807) is 12.1 Å². The third-order valence-electron chi connectivity index (χ3n) is 2.96. The SMILES string of the molecule is Cc1ccc(F)c(Oc2nc(CNC3CC3)co2)c1. The highest BCUT2D eigenvalue weighted by Crippen LogP contribution is 2.25. The van der Waals surface area contributed by atoms with Gasteiger partial charge in [0.15, 0.2) is 11.6 Å². The van der Waals surface area contributed by atoms with Crippen molar-refractivity contribution in [2.75, 3.05) is 0 Å². The van der Waals surface area contributed by atoms with Crippen LogP contribution in [0.1, 0.15) is 24.1 Å². The van der Waals surface area contributed by atoms with Gasteiger partial charge in [0.2, 0.25) is 0 Å². The van der Waals surface area contributed by atoms with Crippen molar-refractivity contribution in [2.24, 2.45) is 0 Å². The maximum atomic E-state index is 13.5. The van der Waals surface area contributed by atoms with E-state index in [0.717, 1.165) is 11.3 Å². The van der Waals surface area contributed by atoms with Crippen molar-refractivity contribution in [1.29, 1.82) is 0 Å². The van der Waals surface area contributed by atoms with E-state index in [1.165, 1.54) is 25.2 Å². The summed E-state index contributed by atoms with van der Waals surface area (Å²) >= 11 is 0. The molecular weight excluding hydrogens is 247 g/mol. The van der Waals surface area contributed by atoms with Gasteiger partial charge in [-0.25, -0.2) is 4.39 Å².